The molecule has 0 radical (unpaired) electrons. The Hall–Kier alpha value is -1.76. The molecule has 0 spiro atoms. The number of amides is 2. The third-order valence-electron chi connectivity index (χ3n) is 3.57. The summed E-state index contributed by atoms with van der Waals surface area (Å²) in [5.74, 6) is 0. The average molecular weight is 301 g/mol. The zero-order valence-electron chi connectivity index (χ0n) is 11.8. The van der Waals surface area contributed by atoms with Crippen LogP contribution in [0.15, 0.2) is 24.3 Å². The minimum atomic E-state index is -4.36. The molecule has 116 valence electrons. The van der Waals surface area contributed by atoms with Crippen LogP contribution in [0, 0.1) is 0 Å². The van der Waals surface area contributed by atoms with E-state index in [-0.39, 0.29) is 6.03 Å². The number of hydrogen-bond donors (Lipinski definition) is 1. The van der Waals surface area contributed by atoms with Crippen molar-refractivity contribution in [3.05, 3.63) is 29.8 Å². The molecule has 4 nitrogen and oxygen atoms in total. The molecule has 1 aliphatic rings. The maximum atomic E-state index is 12.4. The quantitative estimate of drug-likeness (QED) is 0.911. The molecule has 0 atom stereocenters. The molecular formula is C14H18F3N3O. The number of carbonyl (C=O) groups excluding carboxylic acids is 1. The largest absolute Gasteiger partial charge is 0.416 e. The maximum absolute atomic E-state index is 12.4. The highest BCUT2D eigenvalue weighted by Crippen LogP contribution is 2.29. The van der Waals surface area contributed by atoms with Gasteiger partial charge in [-0.25, -0.2) is 4.79 Å². The van der Waals surface area contributed by atoms with Crippen molar-refractivity contribution in [1.29, 1.82) is 0 Å². The molecule has 1 fully saturated rings. The Morgan fingerprint density at radius 2 is 1.71 bits per heavy atom. The van der Waals surface area contributed by atoms with Crippen LogP contribution in [0.25, 0.3) is 0 Å². The number of likely N-dealkylation sites (N-methyl/N-ethyl adjacent to an activating group) is 1. The first-order valence-corrected chi connectivity index (χ1v) is 6.85. The summed E-state index contributed by atoms with van der Waals surface area (Å²) < 4.78 is 37.3. The number of nitrogens with one attached hydrogen (secondary N) is 1. The first kappa shape index (κ1) is 15.6. The zero-order chi connectivity index (χ0) is 15.5. The van der Waals surface area contributed by atoms with Crippen LogP contribution >= 0.6 is 0 Å². The summed E-state index contributed by atoms with van der Waals surface area (Å²) in [4.78, 5) is 15.9. The molecule has 2 amide bonds. The summed E-state index contributed by atoms with van der Waals surface area (Å²) in [6.45, 7) is 5.90. The highest BCUT2D eigenvalue weighted by molar-refractivity contribution is 5.89. The number of alkyl halides is 3. The van der Waals surface area contributed by atoms with Gasteiger partial charge in [0.25, 0.3) is 0 Å². The van der Waals surface area contributed by atoms with Gasteiger partial charge in [-0.05, 0) is 30.8 Å². The van der Waals surface area contributed by atoms with Gasteiger partial charge in [-0.15, -0.1) is 0 Å². The zero-order valence-corrected chi connectivity index (χ0v) is 11.8. The van der Waals surface area contributed by atoms with Gasteiger partial charge >= 0.3 is 12.2 Å². The van der Waals surface area contributed by atoms with E-state index in [1.54, 1.807) is 4.90 Å². The van der Waals surface area contributed by atoms with E-state index < -0.39 is 11.7 Å². The Balaban J connectivity index is 1.91. The molecule has 1 saturated heterocycles. The van der Waals surface area contributed by atoms with Crippen molar-refractivity contribution in [2.75, 3.05) is 38.0 Å². The Bertz CT molecular complexity index is 479. The van der Waals surface area contributed by atoms with Crippen LogP contribution in [0.2, 0.25) is 0 Å². The van der Waals surface area contributed by atoms with E-state index in [1.165, 1.54) is 12.1 Å². The topological polar surface area (TPSA) is 35.6 Å². The van der Waals surface area contributed by atoms with E-state index in [0.717, 1.165) is 31.8 Å². The van der Waals surface area contributed by atoms with Crippen LogP contribution in [0.5, 0.6) is 0 Å². The molecule has 1 heterocycles. The monoisotopic (exact) mass is 301 g/mol. The Morgan fingerprint density at radius 1 is 1.14 bits per heavy atom. The summed E-state index contributed by atoms with van der Waals surface area (Å²) in [6.07, 6.45) is -4.36. The summed E-state index contributed by atoms with van der Waals surface area (Å²) in [5, 5.41) is 2.62. The van der Waals surface area contributed by atoms with E-state index >= 15 is 0 Å². The van der Waals surface area contributed by atoms with Crippen molar-refractivity contribution in [2.24, 2.45) is 0 Å². The van der Waals surface area contributed by atoms with E-state index in [1.807, 2.05) is 0 Å². The third kappa shape index (κ3) is 4.10. The number of urea groups is 1. The van der Waals surface area contributed by atoms with E-state index in [2.05, 4.69) is 17.1 Å². The summed E-state index contributed by atoms with van der Waals surface area (Å²) in [7, 11) is 0. The Morgan fingerprint density at radius 3 is 2.19 bits per heavy atom. The van der Waals surface area contributed by atoms with Crippen molar-refractivity contribution < 1.29 is 18.0 Å². The minimum absolute atomic E-state index is 0.273. The Labute approximate surface area is 121 Å². The number of hydrogen-bond acceptors (Lipinski definition) is 2. The molecular weight excluding hydrogens is 283 g/mol. The molecule has 1 N–H and O–H groups in total. The highest BCUT2D eigenvalue weighted by Gasteiger charge is 2.30. The number of anilines is 1. The Kier molecular flexibility index (Phi) is 4.72. The first-order valence-electron chi connectivity index (χ1n) is 6.85. The number of carbonyl (C=O) groups is 1. The molecule has 1 aliphatic heterocycles. The fraction of sp³-hybridized carbons (Fsp3) is 0.500. The van der Waals surface area contributed by atoms with Crippen molar-refractivity contribution in [3.8, 4) is 0 Å². The summed E-state index contributed by atoms with van der Waals surface area (Å²) >= 11 is 0. The predicted molar refractivity (Wildman–Crippen MR) is 74.1 cm³/mol. The van der Waals surface area contributed by atoms with Crippen LogP contribution in [0.1, 0.15) is 12.5 Å². The van der Waals surface area contributed by atoms with Crippen molar-refractivity contribution >= 4 is 11.7 Å². The number of nitrogens with zero attached hydrogens (tertiary/aromatic N) is 2. The number of benzene rings is 1. The van der Waals surface area contributed by atoms with Gasteiger partial charge in [0.1, 0.15) is 0 Å². The van der Waals surface area contributed by atoms with Crippen LogP contribution in [-0.4, -0.2) is 48.6 Å². The lowest BCUT2D eigenvalue weighted by molar-refractivity contribution is -0.137. The van der Waals surface area contributed by atoms with E-state index in [0.29, 0.717) is 18.8 Å². The molecule has 1 aromatic carbocycles. The fourth-order valence-electron chi connectivity index (χ4n) is 2.21. The van der Waals surface area contributed by atoms with E-state index in [9.17, 15) is 18.0 Å². The average Bonchev–Trinajstić information content (AvgIpc) is 2.47. The number of piperazine rings is 1. The van der Waals surface area contributed by atoms with Crippen LogP contribution < -0.4 is 5.32 Å². The molecule has 7 heteroatoms. The highest BCUT2D eigenvalue weighted by atomic mass is 19.4. The molecule has 2 rings (SSSR count). The molecule has 1 aromatic rings. The van der Waals surface area contributed by atoms with Gasteiger partial charge in [0.15, 0.2) is 0 Å². The summed E-state index contributed by atoms with van der Waals surface area (Å²) in [5.41, 5.74) is -0.358. The second kappa shape index (κ2) is 6.34. The van der Waals surface area contributed by atoms with Gasteiger partial charge < -0.3 is 15.1 Å². The van der Waals surface area contributed by atoms with Gasteiger partial charge in [0.2, 0.25) is 0 Å². The first-order chi connectivity index (χ1) is 9.90. The van der Waals surface area contributed by atoms with Crippen LogP contribution in [0.3, 0.4) is 0 Å². The molecule has 0 aromatic heterocycles. The standard InChI is InChI=1S/C14H18F3N3O/c1-2-19-7-9-20(10-8-19)13(21)18-12-5-3-11(4-6-12)14(15,16)17/h3-6H,2,7-10H2,1H3,(H,18,21). The predicted octanol–water partition coefficient (Wildman–Crippen LogP) is 2.87. The van der Waals surface area contributed by atoms with Crippen molar-refractivity contribution in [2.45, 2.75) is 13.1 Å². The van der Waals surface area contributed by atoms with Gasteiger partial charge in [-0.3, -0.25) is 0 Å². The molecule has 0 bridgehead atoms. The van der Waals surface area contributed by atoms with Gasteiger partial charge in [0.05, 0.1) is 5.56 Å². The molecule has 0 unspecified atom stereocenters. The van der Waals surface area contributed by atoms with Gasteiger partial charge in [0, 0.05) is 31.9 Å². The summed E-state index contributed by atoms with van der Waals surface area (Å²) in [6, 6.07) is 4.19. The third-order valence-corrected chi connectivity index (χ3v) is 3.57. The SMILES string of the molecule is CCN1CCN(C(=O)Nc2ccc(C(F)(F)F)cc2)CC1. The van der Waals surface area contributed by atoms with Crippen molar-refractivity contribution in [1.82, 2.24) is 9.80 Å². The lowest BCUT2D eigenvalue weighted by Gasteiger charge is -2.34. The molecule has 21 heavy (non-hydrogen) atoms. The van der Waals surface area contributed by atoms with Crippen LogP contribution in [0.4, 0.5) is 23.7 Å². The normalized spacial score (nSPS) is 16.9. The van der Waals surface area contributed by atoms with Crippen LogP contribution in [-0.2, 0) is 6.18 Å². The second-order valence-electron chi connectivity index (χ2n) is 4.93. The van der Waals surface area contributed by atoms with Crippen molar-refractivity contribution in [3.63, 3.8) is 0 Å². The van der Waals surface area contributed by atoms with E-state index in [4.69, 9.17) is 0 Å². The van der Waals surface area contributed by atoms with Gasteiger partial charge in [-0.1, -0.05) is 6.92 Å². The second-order valence-corrected chi connectivity index (χ2v) is 4.93. The maximum Gasteiger partial charge on any atom is 0.416 e. The smallest absolute Gasteiger partial charge is 0.322 e. The lowest BCUT2D eigenvalue weighted by Crippen LogP contribution is -2.49. The van der Waals surface area contributed by atoms with Gasteiger partial charge in [-0.2, -0.15) is 13.2 Å². The molecule has 0 saturated carbocycles. The molecule has 0 aliphatic carbocycles. The fourth-order valence-corrected chi connectivity index (χ4v) is 2.21. The minimum Gasteiger partial charge on any atom is -0.322 e. The number of rotatable bonds is 2. The lowest BCUT2D eigenvalue weighted by atomic mass is 10.2. The number of halogens is 3.